The largest absolute Gasteiger partial charge is 0.467 e. The fourth-order valence-electron chi connectivity index (χ4n) is 6.11. The van der Waals surface area contributed by atoms with Gasteiger partial charge in [0.25, 0.3) is 0 Å². The lowest BCUT2D eigenvalue weighted by Crippen LogP contribution is -2.36. The van der Waals surface area contributed by atoms with E-state index in [0.29, 0.717) is 45.4 Å². The number of hydrogen-bond acceptors (Lipinski definition) is 8. The normalized spacial score (nSPS) is 16.7. The Morgan fingerprint density at radius 1 is 0.612 bits per heavy atom. The van der Waals surface area contributed by atoms with E-state index in [0.717, 1.165) is 50.4 Å². The van der Waals surface area contributed by atoms with Crippen LogP contribution in [-0.2, 0) is 74.2 Å². The molecule has 0 N–H and O–H groups in total. The molecule has 0 saturated carbocycles. The second-order valence-corrected chi connectivity index (χ2v) is 16.3. The maximum Gasteiger partial charge on any atom is 0.205 e. The van der Waals surface area contributed by atoms with E-state index in [1.165, 1.54) is 11.1 Å². The van der Waals surface area contributed by atoms with Gasteiger partial charge in [-0.05, 0) is 53.1 Å². The monoisotopic (exact) mass is 676 g/mol. The van der Waals surface area contributed by atoms with Crippen molar-refractivity contribution in [1.82, 2.24) is 0 Å². The quantitative estimate of drug-likeness (QED) is 0.186. The summed E-state index contributed by atoms with van der Waals surface area (Å²) in [6, 6.07) is 13.0. The molecule has 3 aromatic rings. The minimum atomic E-state index is -0.707. The lowest BCUT2D eigenvalue weighted by Gasteiger charge is -2.35. The number of ether oxygens (including phenoxy) is 8. The van der Waals surface area contributed by atoms with Gasteiger partial charge in [-0.3, -0.25) is 0 Å². The highest BCUT2D eigenvalue weighted by Gasteiger charge is 2.32. The molecular weight excluding hydrogens is 620 g/mol. The molecule has 49 heavy (non-hydrogen) atoms. The van der Waals surface area contributed by atoms with Gasteiger partial charge in [0.1, 0.15) is 17.2 Å². The fraction of sp³-hybridized carbons (Fsp3) is 0.561. The second kappa shape index (κ2) is 14.2. The van der Waals surface area contributed by atoms with Crippen LogP contribution in [0, 0.1) is 6.92 Å². The first-order chi connectivity index (χ1) is 22.8. The number of benzene rings is 3. The molecule has 2 aliphatic heterocycles. The molecule has 0 atom stereocenters. The topological polar surface area (TPSA) is 73.8 Å². The number of rotatable bonds is 11. The van der Waals surface area contributed by atoms with Gasteiger partial charge in [0.2, 0.25) is 11.6 Å². The molecule has 0 unspecified atom stereocenters. The highest BCUT2D eigenvalue weighted by atomic mass is 16.7. The Bertz CT molecular complexity index is 1530. The van der Waals surface area contributed by atoms with E-state index >= 15 is 0 Å². The summed E-state index contributed by atoms with van der Waals surface area (Å²) >= 11 is 0. The first-order valence-corrected chi connectivity index (χ1v) is 17.2. The van der Waals surface area contributed by atoms with Gasteiger partial charge in [0.05, 0.1) is 39.6 Å². The summed E-state index contributed by atoms with van der Waals surface area (Å²) in [6.45, 7) is 25.6. The van der Waals surface area contributed by atoms with E-state index in [4.69, 9.17) is 37.9 Å². The fourth-order valence-corrected chi connectivity index (χ4v) is 6.11. The van der Waals surface area contributed by atoms with Gasteiger partial charge in [-0.1, -0.05) is 59.2 Å². The van der Waals surface area contributed by atoms with Gasteiger partial charge in [0, 0.05) is 68.2 Å². The van der Waals surface area contributed by atoms with Crippen molar-refractivity contribution < 1.29 is 37.9 Å². The summed E-state index contributed by atoms with van der Waals surface area (Å²) in [5, 5.41) is 0. The van der Waals surface area contributed by atoms with Gasteiger partial charge in [-0.25, -0.2) is 0 Å². The second-order valence-electron chi connectivity index (χ2n) is 16.3. The third-order valence-corrected chi connectivity index (χ3v) is 8.80. The average Bonchev–Trinajstić information content (AvgIpc) is 2.99. The summed E-state index contributed by atoms with van der Waals surface area (Å²) in [6.07, 6.45) is 0. The molecule has 268 valence electrons. The van der Waals surface area contributed by atoms with E-state index < -0.39 is 11.6 Å². The Labute approximate surface area is 293 Å². The minimum Gasteiger partial charge on any atom is -0.467 e. The first kappa shape index (κ1) is 37.1. The maximum absolute atomic E-state index is 6.43. The molecule has 0 saturated heterocycles. The molecule has 5 rings (SSSR count). The van der Waals surface area contributed by atoms with E-state index in [9.17, 15) is 0 Å². The van der Waals surface area contributed by atoms with E-state index in [1.807, 2.05) is 27.7 Å². The highest BCUT2D eigenvalue weighted by Crippen LogP contribution is 2.40. The summed E-state index contributed by atoms with van der Waals surface area (Å²) < 4.78 is 48.9. The Balaban J connectivity index is 1.37. The first-order valence-electron chi connectivity index (χ1n) is 17.2. The Morgan fingerprint density at radius 2 is 1.02 bits per heavy atom. The van der Waals surface area contributed by atoms with Gasteiger partial charge in [-0.15, -0.1) is 0 Å². The summed E-state index contributed by atoms with van der Waals surface area (Å²) in [5.41, 5.74) is 9.40. The molecule has 0 radical (unpaired) electrons. The van der Waals surface area contributed by atoms with Crippen molar-refractivity contribution in [2.75, 3.05) is 13.9 Å². The Hall–Kier alpha value is -3.14. The van der Waals surface area contributed by atoms with Crippen LogP contribution in [-0.4, -0.2) is 25.5 Å². The van der Waals surface area contributed by atoms with Crippen LogP contribution < -0.4 is 14.2 Å². The number of fused-ring (bicyclic) bond motifs is 2. The number of aryl methyl sites for hydroxylation is 1. The zero-order chi connectivity index (χ0) is 35.8. The molecule has 8 heteroatoms. The Morgan fingerprint density at radius 3 is 1.41 bits per heavy atom. The van der Waals surface area contributed by atoms with Crippen LogP contribution in [0.15, 0.2) is 36.4 Å². The van der Waals surface area contributed by atoms with Gasteiger partial charge >= 0.3 is 0 Å². The van der Waals surface area contributed by atoms with E-state index in [-0.39, 0.29) is 17.6 Å². The van der Waals surface area contributed by atoms with Crippen LogP contribution in [0.3, 0.4) is 0 Å². The molecule has 0 spiro atoms. The van der Waals surface area contributed by atoms with Gasteiger partial charge < -0.3 is 37.9 Å². The van der Waals surface area contributed by atoms with Crippen molar-refractivity contribution in [3.05, 3.63) is 86.5 Å². The SMILES string of the molecule is COCOc1c(COCc2cc(C(C)(C)C)cc3c2OC(C)(C)OC3)cc(C)cc1COCc1cc(C(C)(C)C)cc2c1OC(C)(C)OC2. The van der Waals surface area contributed by atoms with E-state index in [2.05, 4.69) is 84.9 Å². The molecule has 2 aliphatic rings. The van der Waals surface area contributed by atoms with Crippen molar-refractivity contribution in [3.63, 3.8) is 0 Å². The molecular formula is C41H56O8. The van der Waals surface area contributed by atoms with E-state index in [1.54, 1.807) is 7.11 Å². The van der Waals surface area contributed by atoms with Crippen LogP contribution in [0.2, 0.25) is 0 Å². The van der Waals surface area contributed by atoms with Crippen molar-refractivity contribution in [2.45, 2.75) is 138 Å². The van der Waals surface area contributed by atoms with Gasteiger partial charge in [0.15, 0.2) is 6.79 Å². The molecule has 0 aromatic heterocycles. The van der Waals surface area contributed by atoms with Crippen LogP contribution in [0.1, 0.15) is 119 Å². The van der Waals surface area contributed by atoms with Crippen LogP contribution in [0.4, 0.5) is 0 Å². The van der Waals surface area contributed by atoms with Crippen molar-refractivity contribution in [1.29, 1.82) is 0 Å². The molecule has 0 bridgehead atoms. The molecule has 8 nitrogen and oxygen atoms in total. The zero-order valence-electron chi connectivity index (χ0n) is 31.7. The van der Waals surface area contributed by atoms with Crippen LogP contribution in [0.25, 0.3) is 0 Å². The summed E-state index contributed by atoms with van der Waals surface area (Å²) in [4.78, 5) is 0. The average molecular weight is 677 g/mol. The third kappa shape index (κ3) is 9.16. The Kier molecular flexibility index (Phi) is 10.8. The third-order valence-electron chi connectivity index (χ3n) is 8.80. The predicted molar refractivity (Wildman–Crippen MR) is 190 cm³/mol. The van der Waals surface area contributed by atoms with Crippen molar-refractivity contribution in [2.24, 2.45) is 0 Å². The lowest BCUT2D eigenvalue weighted by atomic mass is 9.84. The van der Waals surface area contributed by atoms with Gasteiger partial charge in [-0.2, -0.15) is 0 Å². The lowest BCUT2D eigenvalue weighted by molar-refractivity contribution is -0.181. The zero-order valence-corrected chi connectivity index (χ0v) is 31.7. The number of methoxy groups -OCH3 is 1. The van der Waals surface area contributed by atoms with Crippen molar-refractivity contribution >= 4 is 0 Å². The highest BCUT2D eigenvalue weighted by molar-refractivity contribution is 5.49. The maximum atomic E-state index is 6.43. The van der Waals surface area contributed by atoms with Crippen LogP contribution in [0.5, 0.6) is 17.2 Å². The molecule has 0 aliphatic carbocycles. The number of hydrogen-bond donors (Lipinski definition) is 0. The summed E-state index contributed by atoms with van der Waals surface area (Å²) in [7, 11) is 1.62. The molecule has 0 amide bonds. The van der Waals surface area contributed by atoms with Crippen LogP contribution >= 0.6 is 0 Å². The standard InChI is InChI=1S/C41H56O8/c1-26-13-27(19-43-21-29-15-33(38(2,3)4)17-31-23-46-40(8,9)48-36(29)31)35(45-25-42-12)28(14-26)20-44-22-30-16-34(39(5,6)7)18-32-24-47-41(10,11)49-37(30)32/h13-18H,19-25H2,1-12H3. The van der Waals surface area contributed by atoms with Crippen molar-refractivity contribution in [3.8, 4) is 17.2 Å². The molecule has 3 aromatic carbocycles. The predicted octanol–water partition coefficient (Wildman–Crippen LogP) is 9.30. The smallest absolute Gasteiger partial charge is 0.205 e. The molecule has 2 heterocycles. The minimum absolute atomic E-state index is 0.0349. The molecule has 0 fully saturated rings. The summed E-state index contributed by atoms with van der Waals surface area (Å²) in [5.74, 6) is 0.979.